The maximum absolute atomic E-state index is 12.2. The lowest BCUT2D eigenvalue weighted by atomic mass is 10.2. The molecule has 0 saturated carbocycles. The molecule has 4 rings (SSSR count). The van der Waals surface area contributed by atoms with Gasteiger partial charge >= 0.3 is 5.97 Å². The van der Waals surface area contributed by atoms with Crippen molar-refractivity contribution < 1.29 is 14.1 Å². The van der Waals surface area contributed by atoms with Crippen LogP contribution in [0.2, 0.25) is 0 Å². The normalized spacial score (nSPS) is 10.8. The molecule has 0 atom stereocenters. The SMILES string of the molecule is O=C(OCc1cc(-c2cccs2)on1)c1ccc2nccnc2c1. The Morgan fingerprint density at radius 3 is 2.83 bits per heavy atom. The molecule has 4 aromatic rings. The first-order valence-corrected chi connectivity index (χ1v) is 8.05. The van der Waals surface area contributed by atoms with Crippen LogP contribution in [0.25, 0.3) is 21.7 Å². The lowest BCUT2D eigenvalue weighted by molar-refractivity contribution is 0.0464. The third kappa shape index (κ3) is 2.89. The second kappa shape index (κ2) is 6.21. The molecule has 0 fully saturated rings. The summed E-state index contributed by atoms with van der Waals surface area (Å²) in [5.41, 5.74) is 2.36. The Labute approximate surface area is 140 Å². The average molecular weight is 337 g/mol. The molecule has 3 heterocycles. The fraction of sp³-hybridized carbons (Fsp3) is 0.0588. The number of benzene rings is 1. The lowest BCUT2D eigenvalue weighted by Gasteiger charge is -2.03. The van der Waals surface area contributed by atoms with Gasteiger partial charge in [0.1, 0.15) is 12.3 Å². The van der Waals surface area contributed by atoms with Gasteiger partial charge in [-0.05, 0) is 29.6 Å². The summed E-state index contributed by atoms with van der Waals surface area (Å²) < 4.78 is 10.5. The summed E-state index contributed by atoms with van der Waals surface area (Å²) in [4.78, 5) is 21.5. The molecule has 0 aliphatic heterocycles. The van der Waals surface area contributed by atoms with Gasteiger partial charge in [-0.25, -0.2) is 4.79 Å². The Morgan fingerprint density at radius 1 is 1.12 bits per heavy atom. The highest BCUT2D eigenvalue weighted by Gasteiger charge is 2.12. The maximum atomic E-state index is 12.2. The van der Waals surface area contributed by atoms with Gasteiger partial charge in [0.05, 0.1) is 21.5 Å². The summed E-state index contributed by atoms with van der Waals surface area (Å²) in [6.45, 7) is 0.0478. The summed E-state index contributed by atoms with van der Waals surface area (Å²) in [7, 11) is 0. The quantitative estimate of drug-likeness (QED) is 0.528. The van der Waals surface area contributed by atoms with Gasteiger partial charge in [0, 0.05) is 18.5 Å². The monoisotopic (exact) mass is 337 g/mol. The van der Waals surface area contributed by atoms with Crippen molar-refractivity contribution in [2.24, 2.45) is 0 Å². The molecule has 1 aromatic carbocycles. The van der Waals surface area contributed by atoms with E-state index >= 15 is 0 Å². The predicted octanol–water partition coefficient (Wildman–Crippen LogP) is 3.70. The number of fused-ring (bicyclic) bond motifs is 1. The van der Waals surface area contributed by atoms with Crippen LogP contribution in [0.1, 0.15) is 16.1 Å². The number of nitrogens with zero attached hydrogens (tertiary/aromatic N) is 3. The molecule has 0 spiro atoms. The predicted molar refractivity (Wildman–Crippen MR) is 88.5 cm³/mol. The molecule has 0 aliphatic rings. The van der Waals surface area contributed by atoms with Crippen LogP contribution in [0.5, 0.6) is 0 Å². The Hall–Kier alpha value is -3.06. The standard InChI is InChI=1S/C17H11N3O3S/c21-17(11-3-4-13-14(8-11)19-6-5-18-13)22-10-12-9-15(23-20-12)16-2-1-7-24-16/h1-9H,10H2. The maximum Gasteiger partial charge on any atom is 0.338 e. The lowest BCUT2D eigenvalue weighted by Crippen LogP contribution is -2.05. The number of hydrogen-bond donors (Lipinski definition) is 0. The number of aromatic nitrogens is 3. The van der Waals surface area contributed by atoms with E-state index in [1.165, 1.54) is 0 Å². The van der Waals surface area contributed by atoms with Crippen molar-refractivity contribution >= 4 is 28.3 Å². The van der Waals surface area contributed by atoms with E-state index in [-0.39, 0.29) is 6.61 Å². The van der Waals surface area contributed by atoms with E-state index in [0.29, 0.717) is 22.5 Å². The van der Waals surface area contributed by atoms with Gasteiger partial charge in [-0.2, -0.15) is 0 Å². The van der Waals surface area contributed by atoms with Crippen molar-refractivity contribution in [1.82, 2.24) is 15.1 Å². The van der Waals surface area contributed by atoms with Gasteiger partial charge in [0.25, 0.3) is 0 Å². The molecule has 0 N–H and O–H groups in total. The zero-order chi connectivity index (χ0) is 16.4. The topological polar surface area (TPSA) is 78.1 Å². The average Bonchev–Trinajstić information content (AvgIpc) is 3.30. The highest BCUT2D eigenvalue weighted by molar-refractivity contribution is 7.13. The molecule has 7 heteroatoms. The summed E-state index contributed by atoms with van der Waals surface area (Å²) in [6, 6.07) is 10.7. The van der Waals surface area contributed by atoms with Crippen LogP contribution in [0.15, 0.2) is 58.7 Å². The van der Waals surface area contributed by atoms with E-state index in [1.54, 1.807) is 48.0 Å². The molecule has 118 valence electrons. The van der Waals surface area contributed by atoms with Gasteiger partial charge in [0.2, 0.25) is 0 Å². The highest BCUT2D eigenvalue weighted by atomic mass is 32.1. The molecule has 0 aliphatic carbocycles. The van der Waals surface area contributed by atoms with Crippen LogP contribution in [-0.2, 0) is 11.3 Å². The van der Waals surface area contributed by atoms with E-state index in [1.807, 2.05) is 17.5 Å². The van der Waals surface area contributed by atoms with Gasteiger partial charge in [-0.15, -0.1) is 11.3 Å². The summed E-state index contributed by atoms with van der Waals surface area (Å²) in [6.07, 6.45) is 3.19. The second-order valence-corrected chi connectivity index (χ2v) is 5.94. The largest absolute Gasteiger partial charge is 0.455 e. The van der Waals surface area contributed by atoms with Crippen molar-refractivity contribution in [3.05, 3.63) is 65.4 Å². The molecule has 6 nitrogen and oxygen atoms in total. The van der Waals surface area contributed by atoms with Crippen molar-refractivity contribution in [3.8, 4) is 10.6 Å². The van der Waals surface area contributed by atoms with Crippen molar-refractivity contribution in [3.63, 3.8) is 0 Å². The molecule has 0 radical (unpaired) electrons. The zero-order valence-electron chi connectivity index (χ0n) is 12.4. The van der Waals surface area contributed by atoms with Crippen LogP contribution in [0, 0.1) is 0 Å². The molecule has 0 bridgehead atoms. The number of esters is 1. The Bertz CT molecular complexity index is 995. The highest BCUT2D eigenvalue weighted by Crippen LogP contribution is 2.25. The van der Waals surface area contributed by atoms with Crippen LogP contribution in [0.3, 0.4) is 0 Å². The van der Waals surface area contributed by atoms with Crippen LogP contribution < -0.4 is 0 Å². The minimum atomic E-state index is -0.441. The summed E-state index contributed by atoms with van der Waals surface area (Å²) >= 11 is 1.56. The Kier molecular flexibility index (Phi) is 3.76. The number of ether oxygens (including phenoxy) is 1. The first-order chi connectivity index (χ1) is 11.8. The molecular formula is C17H11N3O3S. The smallest absolute Gasteiger partial charge is 0.338 e. The fourth-order valence-electron chi connectivity index (χ4n) is 2.23. The molecule has 3 aromatic heterocycles. The number of hydrogen-bond acceptors (Lipinski definition) is 7. The van der Waals surface area contributed by atoms with Gasteiger partial charge < -0.3 is 9.26 Å². The summed E-state index contributed by atoms with van der Waals surface area (Å²) in [5, 5.41) is 5.88. The first kappa shape index (κ1) is 14.5. The molecular weight excluding hydrogens is 326 g/mol. The van der Waals surface area contributed by atoms with Crippen LogP contribution >= 0.6 is 11.3 Å². The molecule has 0 saturated heterocycles. The van der Waals surface area contributed by atoms with Gasteiger partial charge in [0.15, 0.2) is 5.76 Å². The Morgan fingerprint density at radius 2 is 2.00 bits per heavy atom. The number of thiophene rings is 1. The number of carbonyl (C=O) groups is 1. The van der Waals surface area contributed by atoms with E-state index in [4.69, 9.17) is 9.26 Å². The van der Waals surface area contributed by atoms with Crippen molar-refractivity contribution in [2.45, 2.75) is 6.61 Å². The third-order valence-corrected chi connectivity index (χ3v) is 4.26. The number of carbonyl (C=O) groups excluding carboxylic acids is 1. The van der Waals surface area contributed by atoms with Crippen LogP contribution in [-0.4, -0.2) is 21.1 Å². The van der Waals surface area contributed by atoms with Crippen molar-refractivity contribution in [2.75, 3.05) is 0 Å². The minimum absolute atomic E-state index is 0.0478. The van der Waals surface area contributed by atoms with E-state index in [2.05, 4.69) is 15.1 Å². The summed E-state index contributed by atoms with van der Waals surface area (Å²) in [5.74, 6) is 0.222. The molecule has 24 heavy (non-hydrogen) atoms. The zero-order valence-corrected chi connectivity index (χ0v) is 13.2. The third-order valence-electron chi connectivity index (χ3n) is 3.38. The van der Waals surface area contributed by atoms with E-state index in [9.17, 15) is 4.79 Å². The van der Waals surface area contributed by atoms with Crippen molar-refractivity contribution in [1.29, 1.82) is 0 Å². The van der Waals surface area contributed by atoms with E-state index < -0.39 is 5.97 Å². The van der Waals surface area contributed by atoms with Crippen LogP contribution in [0.4, 0.5) is 0 Å². The van der Waals surface area contributed by atoms with Gasteiger partial charge in [-0.1, -0.05) is 11.2 Å². The first-order valence-electron chi connectivity index (χ1n) is 7.17. The van der Waals surface area contributed by atoms with Gasteiger partial charge in [-0.3, -0.25) is 9.97 Å². The van der Waals surface area contributed by atoms with E-state index in [0.717, 1.165) is 10.4 Å². The second-order valence-electron chi connectivity index (χ2n) is 5.00. The molecule has 0 amide bonds. The number of rotatable bonds is 4. The molecule has 0 unspecified atom stereocenters. The fourth-order valence-corrected chi connectivity index (χ4v) is 2.90. The minimum Gasteiger partial charge on any atom is -0.455 e. The Balaban J connectivity index is 1.46.